The van der Waals surface area contributed by atoms with Gasteiger partial charge >= 0.3 is 0 Å². The van der Waals surface area contributed by atoms with Gasteiger partial charge in [0.05, 0.1) is 6.61 Å². The number of carbonyl (C=O) groups excluding carboxylic acids is 1. The van der Waals surface area contributed by atoms with Crippen LogP contribution in [0, 0.1) is 0 Å². The van der Waals surface area contributed by atoms with Gasteiger partial charge < -0.3 is 20.5 Å². The van der Waals surface area contributed by atoms with E-state index in [1.807, 2.05) is 31.2 Å². The van der Waals surface area contributed by atoms with Crippen molar-refractivity contribution in [3.8, 4) is 17.2 Å². The summed E-state index contributed by atoms with van der Waals surface area (Å²) in [6, 6.07) is 14.5. The first-order valence-electron chi connectivity index (χ1n) is 7.63. The van der Waals surface area contributed by atoms with Crippen LogP contribution in [0.15, 0.2) is 48.5 Å². The zero-order valence-corrected chi connectivity index (χ0v) is 13.4. The Bertz CT molecular complexity index is 622. The molecule has 0 bridgehead atoms. The Morgan fingerprint density at radius 3 is 2.09 bits per heavy atom. The van der Waals surface area contributed by atoms with Gasteiger partial charge in [-0.15, -0.1) is 0 Å². The Labute approximate surface area is 136 Å². The molecular weight excluding hydrogens is 292 g/mol. The van der Waals surface area contributed by atoms with Crippen LogP contribution in [0.1, 0.15) is 20.3 Å². The Balaban J connectivity index is 1.93. The summed E-state index contributed by atoms with van der Waals surface area (Å²) in [5, 5.41) is 2.79. The predicted octanol–water partition coefficient (Wildman–Crippen LogP) is 3.55. The van der Waals surface area contributed by atoms with E-state index in [4.69, 9.17) is 15.2 Å². The molecule has 5 nitrogen and oxygen atoms in total. The summed E-state index contributed by atoms with van der Waals surface area (Å²) in [6.45, 7) is 4.38. The lowest BCUT2D eigenvalue weighted by Crippen LogP contribution is -2.23. The SMILES string of the molecule is CCOc1ccc(Oc2ccc(NC(=O)CC(C)N)cc2)cc1. The predicted molar refractivity (Wildman–Crippen MR) is 91.0 cm³/mol. The molecule has 3 N–H and O–H groups in total. The van der Waals surface area contributed by atoms with Crippen LogP contribution in [0.25, 0.3) is 0 Å². The second-order valence-electron chi connectivity index (χ2n) is 5.26. The van der Waals surface area contributed by atoms with Gasteiger partial charge in [0.15, 0.2) is 0 Å². The van der Waals surface area contributed by atoms with Crippen molar-refractivity contribution in [3.05, 3.63) is 48.5 Å². The van der Waals surface area contributed by atoms with E-state index in [0.29, 0.717) is 18.8 Å². The maximum absolute atomic E-state index is 11.6. The molecule has 1 amide bonds. The summed E-state index contributed by atoms with van der Waals surface area (Å²) in [5.74, 6) is 2.13. The number of hydrogen-bond acceptors (Lipinski definition) is 4. The molecule has 0 aliphatic rings. The summed E-state index contributed by atoms with van der Waals surface area (Å²) >= 11 is 0. The van der Waals surface area contributed by atoms with Crippen LogP contribution in [0.5, 0.6) is 17.2 Å². The summed E-state index contributed by atoms with van der Waals surface area (Å²) in [6.07, 6.45) is 0.296. The van der Waals surface area contributed by atoms with E-state index in [0.717, 1.165) is 17.2 Å². The molecule has 0 saturated carbocycles. The normalized spacial score (nSPS) is 11.6. The molecule has 0 heterocycles. The van der Waals surface area contributed by atoms with E-state index in [-0.39, 0.29) is 11.9 Å². The van der Waals surface area contributed by atoms with Crippen LogP contribution in [0.4, 0.5) is 5.69 Å². The zero-order chi connectivity index (χ0) is 16.7. The topological polar surface area (TPSA) is 73.6 Å². The number of nitrogens with two attached hydrogens (primary N) is 1. The fourth-order valence-electron chi connectivity index (χ4n) is 2.02. The average Bonchev–Trinajstić information content (AvgIpc) is 2.51. The van der Waals surface area contributed by atoms with Crippen molar-refractivity contribution < 1.29 is 14.3 Å². The monoisotopic (exact) mass is 314 g/mol. The molecule has 1 atom stereocenters. The smallest absolute Gasteiger partial charge is 0.225 e. The molecule has 0 aliphatic carbocycles. The van der Waals surface area contributed by atoms with Gasteiger partial charge in [0.1, 0.15) is 17.2 Å². The lowest BCUT2D eigenvalue weighted by Gasteiger charge is -2.09. The lowest BCUT2D eigenvalue weighted by molar-refractivity contribution is -0.116. The van der Waals surface area contributed by atoms with Gasteiger partial charge in [-0.1, -0.05) is 0 Å². The Kier molecular flexibility index (Phi) is 6.00. The van der Waals surface area contributed by atoms with E-state index in [1.54, 1.807) is 31.2 Å². The van der Waals surface area contributed by atoms with Gasteiger partial charge in [-0.3, -0.25) is 4.79 Å². The quantitative estimate of drug-likeness (QED) is 0.819. The molecule has 2 aromatic carbocycles. The van der Waals surface area contributed by atoms with Crippen LogP contribution in [0.2, 0.25) is 0 Å². The lowest BCUT2D eigenvalue weighted by atomic mass is 10.2. The van der Waals surface area contributed by atoms with Crippen LogP contribution >= 0.6 is 0 Å². The maximum atomic E-state index is 11.6. The van der Waals surface area contributed by atoms with Crippen molar-refractivity contribution in [1.29, 1.82) is 0 Å². The Morgan fingerprint density at radius 1 is 1.04 bits per heavy atom. The van der Waals surface area contributed by atoms with Gasteiger partial charge in [-0.05, 0) is 62.4 Å². The minimum absolute atomic E-state index is 0.0971. The van der Waals surface area contributed by atoms with Gasteiger partial charge in [-0.2, -0.15) is 0 Å². The molecule has 23 heavy (non-hydrogen) atoms. The molecule has 2 aromatic rings. The number of anilines is 1. The second-order valence-corrected chi connectivity index (χ2v) is 5.26. The van der Waals surface area contributed by atoms with Gasteiger partial charge in [0, 0.05) is 18.2 Å². The number of amides is 1. The maximum Gasteiger partial charge on any atom is 0.225 e. The van der Waals surface area contributed by atoms with Gasteiger partial charge in [0.25, 0.3) is 0 Å². The molecule has 1 unspecified atom stereocenters. The van der Waals surface area contributed by atoms with Crippen molar-refractivity contribution in [1.82, 2.24) is 0 Å². The number of ether oxygens (including phenoxy) is 2. The second kappa shape index (κ2) is 8.19. The van der Waals surface area contributed by atoms with E-state index in [1.165, 1.54) is 0 Å². The highest BCUT2D eigenvalue weighted by Gasteiger charge is 2.05. The number of carbonyl (C=O) groups is 1. The Hall–Kier alpha value is -2.53. The van der Waals surface area contributed by atoms with Crippen molar-refractivity contribution >= 4 is 11.6 Å². The van der Waals surface area contributed by atoms with Crippen molar-refractivity contribution in [2.24, 2.45) is 5.73 Å². The largest absolute Gasteiger partial charge is 0.494 e. The first-order chi connectivity index (χ1) is 11.1. The third-order valence-corrected chi connectivity index (χ3v) is 3.02. The van der Waals surface area contributed by atoms with E-state index < -0.39 is 0 Å². The first kappa shape index (κ1) is 16.8. The van der Waals surface area contributed by atoms with Crippen molar-refractivity contribution in [3.63, 3.8) is 0 Å². The third kappa shape index (κ3) is 5.64. The summed E-state index contributed by atoms with van der Waals surface area (Å²) < 4.78 is 11.1. The molecule has 0 radical (unpaired) electrons. The van der Waals surface area contributed by atoms with Crippen LogP contribution in [0.3, 0.4) is 0 Å². The number of rotatable bonds is 7. The minimum Gasteiger partial charge on any atom is -0.494 e. The first-order valence-corrected chi connectivity index (χ1v) is 7.63. The zero-order valence-electron chi connectivity index (χ0n) is 13.4. The third-order valence-electron chi connectivity index (χ3n) is 3.02. The van der Waals surface area contributed by atoms with E-state index in [9.17, 15) is 4.79 Å². The number of hydrogen-bond donors (Lipinski definition) is 2. The number of benzene rings is 2. The van der Waals surface area contributed by atoms with Crippen molar-refractivity contribution in [2.45, 2.75) is 26.3 Å². The fraction of sp³-hybridized carbons (Fsp3) is 0.278. The highest BCUT2D eigenvalue weighted by molar-refractivity contribution is 5.91. The standard InChI is InChI=1S/C18H22N2O3/c1-3-22-15-8-10-17(11-9-15)23-16-6-4-14(5-7-16)20-18(21)12-13(2)19/h4-11,13H,3,12,19H2,1-2H3,(H,20,21). The number of nitrogens with one attached hydrogen (secondary N) is 1. The van der Waals surface area contributed by atoms with Gasteiger partial charge in [-0.25, -0.2) is 0 Å². The summed E-state index contributed by atoms with van der Waals surface area (Å²) in [7, 11) is 0. The molecule has 0 fully saturated rings. The minimum atomic E-state index is -0.155. The Morgan fingerprint density at radius 2 is 1.57 bits per heavy atom. The molecular formula is C18H22N2O3. The van der Waals surface area contributed by atoms with Crippen LogP contribution in [-0.2, 0) is 4.79 Å². The fourth-order valence-corrected chi connectivity index (χ4v) is 2.02. The van der Waals surface area contributed by atoms with Gasteiger partial charge in [0.2, 0.25) is 5.91 Å². The summed E-state index contributed by atoms with van der Waals surface area (Å²) in [4.78, 5) is 11.6. The van der Waals surface area contributed by atoms with Crippen molar-refractivity contribution in [2.75, 3.05) is 11.9 Å². The molecule has 122 valence electrons. The average molecular weight is 314 g/mol. The highest BCUT2D eigenvalue weighted by Crippen LogP contribution is 2.25. The highest BCUT2D eigenvalue weighted by atomic mass is 16.5. The molecule has 0 spiro atoms. The molecule has 0 aromatic heterocycles. The van der Waals surface area contributed by atoms with Crippen LogP contribution < -0.4 is 20.5 Å². The molecule has 2 rings (SSSR count). The molecule has 5 heteroatoms. The van der Waals surface area contributed by atoms with Crippen LogP contribution in [-0.4, -0.2) is 18.6 Å². The molecule has 0 aliphatic heterocycles. The van der Waals surface area contributed by atoms with E-state index in [2.05, 4.69) is 5.32 Å². The van der Waals surface area contributed by atoms with E-state index >= 15 is 0 Å². The summed E-state index contributed by atoms with van der Waals surface area (Å²) in [5.41, 5.74) is 6.31. The molecule has 0 saturated heterocycles.